The highest BCUT2D eigenvalue weighted by Crippen LogP contribution is 2.13. The summed E-state index contributed by atoms with van der Waals surface area (Å²) in [4.78, 5) is 14.6. The molecule has 0 spiro atoms. The van der Waals surface area contributed by atoms with E-state index in [9.17, 15) is 0 Å². The van der Waals surface area contributed by atoms with Gasteiger partial charge in [-0.1, -0.05) is 6.08 Å². The average Bonchev–Trinajstić information content (AvgIpc) is 2.52. The minimum atomic E-state index is 0.692. The molecule has 0 amide bonds. The number of rotatable bonds is 7. The van der Waals surface area contributed by atoms with Gasteiger partial charge in [-0.15, -0.1) is 6.58 Å². The van der Waals surface area contributed by atoms with Crippen LogP contribution < -0.4 is 10.2 Å². The smallest absolute Gasteiger partial charge is 0.133 e. The van der Waals surface area contributed by atoms with Gasteiger partial charge in [-0.2, -0.15) is 0 Å². The maximum atomic E-state index is 4.30. The zero-order valence-corrected chi connectivity index (χ0v) is 11.7. The van der Waals surface area contributed by atoms with Crippen LogP contribution in [-0.4, -0.2) is 35.1 Å². The molecular formula is C15H19N5. The summed E-state index contributed by atoms with van der Waals surface area (Å²) in [5.74, 6) is 1.71. The van der Waals surface area contributed by atoms with Crippen molar-refractivity contribution in [1.82, 2.24) is 15.0 Å². The summed E-state index contributed by atoms with van der Waals surface area (Å²) in [6, 6.07) is 6.01. The number of hydrogen-bond acceptors (Lipinski definition) is 5. The second kappa shape index (κ2) is 7.23. The van der Waals surface area contributed by atoms with Gasteiger partial charge in [-0.05, 0) is 24.1 Å². The van der Waals surface area contributed by atoms with Gasteiger partial charge in [0.1, 0.15) is 18.0 Å². The topological polar surface area (TPSA) is 53.9 Å². The van der Waals surface area contributed by atoms with Crippen molar-refractivity contribution in [2.45, 2.75) is 6.42 Å². The zero-order valence-electron chi connectivity index (χ0n) is 11.7. The molecule has 0 saturated heterocycles. The Hall–Kier alpha value is -2.43. The van der Waals surface area contributed by atoms with E-state index in [1.165, 1.54) is 5.56 Å². The molecule has 5 nitrogen and oxygen atoms in total. The summed E-state index contributed by atoms with van der Waals surface area (Å²) < 4.78 is 0. The molecule has 2 aromatic heterocycles. The van der Waals surface area contributed by atoms with Gasteiger partial charge in [0.25, 0.3) is 0 Å². The molecule has 0 atom stereocenters. The fourth-order valence-electron chi connectivity index (χ4n) is 1.79. The Morgan fingerprint density at radius 2 is 2.10 bits per heavy atom. The lowest BCUT2D eigenvalue weighted by molar-refractivity contribution is 0.854. The Kier molecular flexibility index (Phi) is 5.06. The van der Waals surface area contributed by atoms with Crippen LogP contribution in [0.3, 0.4) is 0 Å². The highest BCUT2D eigenvalue weighted by atomic mass is 15.2. The molecule has 2 aromatic rings. The van der Waals surface area contributed by atoms with Crippen LogP contribution in [0.15, 0.2) is 49.6 Å². The number of nitrogens with zero attached hydrogens (tertiary/aromatic N) is 4. The number of aromatic nitrogens is 3. The molecular weight excluding hydrogens is 250 g/mol. The highest BCUT2D eigenvalue weighted by Gasteiger charge is 2.04. The van der Waals surface area contributed by atoms with Gasteiger partial charge >= 0.3 is 0 Å². The first-order valence-electron chi connectivity index (χ1n) is 6.56. The molecule has 0 fully saturated rings. The van der Waals surface area contributed by atoms with Crippen LogP contribution in [0.4, 0.5) is 11.6 Å². The van der Waals surface area contributed by atoms with Gasteiger partial charge < -0.3 is 10.2 Å². The van der Waals surface area contributed by atoms with Crippen LogP contribution in [-0.2, 0) is 6.42 Å². The summed E-state index contributed by atoms with van der Waals surface area (Å²) in [6.45, 7) is 5.26. The number of anilines is 2. The number of nitrogens with one attached hydrogen (secondary N) is 1. The predicted octanol–water partition coefficient (Wildman–Crippen LogP) is 2.15. The fraction of sp³-hybridized carbons (Fsp3) is 0.267. The van der Waals surface area contributed by atoms with Gasteiger partial charge in [0, 0.05) is 38.6 Å². The molecule has 0 radical (unpaired) electrons. The Morgan fingerprint density at radius 3 is 2.85 bits per heavy atom. The van der Waals surface area contributed by atoms with Gasteiger partial charge in [0.05, 0.1) is 0 Å². The third-order valence-corrected chi connectivity index (χ3v) is 2.96. The monoisotopic (exact) mass is 269 g/mol. The first-order valence-corrected chi connectivity index (χ1v) is 6.56. The van der Waals surface area contributed by atoms with Gasteiger partial charge in [0.15, 0.2) is 0 Å². The quantitative estimate of drug-likeness (QED) is 0.781. The molecule has 104 valence electrons. The first-order chi connectivity index (χ1) is 9.79. The summed E-state index contributed by atoms with van der Waals surface area (Å²) in [5.41, 5.74) is 1.27. The largest absolute Gasteiger partial charge is 0.366 e. The van der Waals surface area contributed by atoms with Gasteiger partial charge in [-0.25, -0.2) is 9.97 Å². The van der Waals surface area contributed by atoms with Gasteiger partial charge in [-0.3, -0.25) is 4.98 Å². The Morgan fingerprint density at radius 1 is 1.30 bits per heavy atom. The van der Waals surface area contributed by atoms with Crippen molar-refractivity contribution in [1.29, 1.82) is 0 Å². The molecule has 5 heteroatoms. The third kappa shape index (κ3) is 4.05. The van der Waals surface area contributed by atoms with Crippen molar-refractivity contribution in [3.8, 4) is 0 Å². The molecule has 0 aromatic carbocycles. The van der Waals surface area contributed by atoms with E-state index in [-0.39, 0.29) is 0 Å². The van der Waals surface area contributed by atoms with Crippen LogP contribution in [0.2, 0.25) is 0 Å². The fourth-order valence-corrected chi connectivity index (χ4v) is 1.79. The van der Waals surface area contributed by atoms with Crippen molar-refractivity contribution in [2.75, 3.05) is 30.4 Å². The highest BCUT2D eigenvalue weighted by molar-refractivity contribution is 5.48. The molecule has 0 aliphatic carbocycles. The number of hydrogen-bond donors (Lipinski definition) is 1. The van der Waals surface area contributed by atoms with Crippen molar-refractivity contribution in [2.24, 2.45) is 0 Å². The minimum absolute atomic E-state index is 0.692. The lowest BCUT2D eigenvalue weighted by Gasteiger charge is -2.18. The molecule has 20 heavy (non-hydrogen) atoms. The third-order valence-electron chi connectivity index (χ3n) is 2.96. The van der Waals surface area contributed by atoms with Crippen LogP contribution >= 0.6 is 0 Å². The molecule has 2 heterocycles. The predicted molar refractivity (Wildman–Crippen MR) is 81.9 cm³/mol. The Balaban J connectivity index is 1.94. The lowest BCUT2D eigenvalue weighted by Crippen LogP contribution is -2.21. The van der Waals surface area contributed by atoms with Crippen LogP contribution in [0, 0.1) is 0 Å². The molecule has 0 aliphatic rings. The summed E-state index contributed by atoms with van der Waals surface area (Å²) >= 11 is 0. The summed E-state index contributed by atoms with van der Waals surface area (Å²) in [7, 11) is 2.03. The van der Waals surface area contributed by atoms with E-state index >= 15 is 0 Å². The second-order valence-corrected chi connectivity index (χ2v) is 4.46. The van der Waals surface area contributed by atoms with E-state index in [4.69, 9.17) is 0 Å². The first kappa shape index (κ1) is 14.0. The van der Waals surface area contributed by atoms with Crippen LogP contribution in [0.5, 0.6) is 0 Å². The SMILES string of the molecule is C=CCNc1cc(N(C)CCc2ccncc2)ncn1. The van der Waals surface area contributed by atoms with Crippen molar-refractivity contribution in [3.63, 3.8) is 0 Å². The van der Waals surface area contributed by atoms with E-state index in [1.54, 1.807) is 12.4 Å². The van der Waals surface area contributed by atoms with E-state index in [2.05, 4.69) is 31.7 Å². The Labute approximate surface area is 119 Å². The van der Waals surface area contributed by atoms with Gasteiger partial charge in [0.2, 0.25) is 0 Å². The van der Waals surface area contributed by atoms with Crippen molar-refractivity contribution < 1.29 is 0 Å². The van der Waals surface area contributed by atoms with E-state index in [0.717, 1.165) is 24.6 Å². The molecule has 1 N–H and O–H groups in total. The van der Waals surface area contributed by atoms with Crippen molar-refractivity contribution >= 4 is 11.6 Å². The van der Waals surface area contributed by atoms with E-state index in [0.29, 0.717) is 6.54 Å². The minimum Gasteiger partial charge on any atom is -0.366 e. The second-order valence-electron chi connectivity index (χ2n) is 4.46. The maximum absolute atomic E-state index is 4.30. The van der Waals surface area contributed by atoms with E-state index < -0.39 is 0 Å². The van der Waals surface area contributed by atoms with Crippen molar-refractivity contribution in [3.05, 3.63) is 55.1 Å². The maximum Gasteiger partial charge on any atom is 0.133 e. The van der Waals surface area contributed by atoms with E-state index in [1.807, 2.05) is 37.6 Å². The molecule has 0 bridgehead atoms. The number of pyridine rings is 1. The molecule has 0 unspecified atom stereocenters. The molecule has 2 rings (SSSR count). The summed E-state index contributed by atoms with van der Waals surface area (Å²) in [6.07, 6.45) is 7.96. The van der Waals surface area contributed by atoms with Crippen LogP contribution in [0.25, 0.3) is 0 Å². The summed E-state index contributed by atoms with van der Waals surface area (Å²) in [5, 5.41) is 3.16. The average molecular weight is 269 g/mol. The molecule has 0 saturated carbocycles. The lowest BCUT2D eigenvalue weighted by atomic mass is 10.2. The standard InChI is InChI=1S/C15H19N5/c1-3-7-17-14-11-15(19-12-18-14)20(2)10-6-13-4-8-16-9-5-13/h3-5,8-9,11-12H,1,6-7,10H2,2H3,(H,17,18,19). The van der Waals surface area contributed by atoms with Crippen LogP contribution in [0.1, 0.15) is 5.56 Å². The number of likely N-dealkylation sites (N-methyl/N-ethyl adjacent to an activating group) is 1. The molecule has 0 aliphatic heterocycles. The Bertz CT molecular complexity index is 541. The zero-order chi connectivity index (χ0) is 14.2. The normalized spacial score (nSPS) is 10.1.